The topological polar surface area (TPSA) is 74.9 Å². The molecule has 1 saturated heterocycles. The molecule has 1 aliphatic heterocycles. The summed E-state index contributed by atoms with van der Waals surface area (Å²) in [6, 6.07) is -0.666. The minimum Gasteiger partial charge on any atom is -0.480 e. The average molecular weight is 293 g/mol. The number of imidazole rings is 1. The molecule has 7 heteroatoms. The Morgan fingerprint density at radius 3 is 3.10 bits per heavy atom. The Bertz CT molecular complexity index is 676. The van der Waals surface area contributed by atoms with Crippen LogP contribution in [0, 0.1) is 6.92 Å². The Kier molecular flexibility index (Phi) is 3.21. The van der Waals surface area contributed by atoms with Crippen molar-refractivity contribution >= 4 is 28.2 Å². The molecule has 0 spiro atoms. The molecule has 1 N–H and O–H groups in total. The van der Waals surface area contributed by atoms with E-state index < -0.39 is 12.0 Å². The van der Waals surface area contributed by atoms with Gasteiger partial charge < -0.3 is 10.0 Å². The van der Waals surface area contributed by atoms with Gasteiger partial charge in [0.15, 0.2) is 4.96 Å². The fraction of sp³-hybridized carbons (Fsp3) is 0.462. The SMILES string of the molecule is Cc1cn2c(CC(=O)N3CCC[C@H]3C(=O)O)csc2n1. The maximum Gasteiger partial charge on any atom is 0.326 e. The number of carbonyl (C=O) groups is 2. The van der Waals surface area contributed by atoms with Crippen LogP contribution < -0.4 is 0 Å². The molecule has 3 heterocycles. The Morgan fingerprint density at radius 1 is 1.55 bits per heavy atom. The summed E-state index contributed by atoms with van der Waals surface area (Å²) in [5.74, 6) is -1.04. The highest BCUT2D eigenvalue weighted by atomic mass is 32.1. The number of likely N-dealkylation sites (tertiary alicyclic amines) is 1. The van der Waals surface area contributed by atoms with Crippen LogP contribution in [0.25, 0.3) is 4.96 Å². The van der Waals surface area contributed by atoms with Gasteiger partial charge in [0, 0.05) is 23.8 Å². The van der Waals surface area contributed by atoms with Crippen LogP contribution in [0.3, 0.4) is 0 Å². The first-order valence-electron chi connectivity index (χ1n) is 6.50. The van der Waals surface area contributed by atoms with E-state index in [1.165, 1.54) is 16.2 Å². The minimum absolute atomic E-state index is 0.124. The Morgan fingerprint density at radius 2 is 2.35 bits per heavy atom. The third-order valence-corrected chi connectivity index (χ3v) is 4.48. The van der Waals surface area contributed by atoms with E-state index in [4.69, 9.17) is 5.11 Å². The van der Waals surface area contributed by atoms with Crippen molar-refractivity contribution in [1.82, 2.24) is 14.3 Å². The van der Waals surface area contributed by atoms with E-state index in [0.29, 0.717) is 13.0 Å². The van der Waals surface area contributed by atoms with Crippen molar-refractivity contribution in [3.8, 4) is 0 Å². The number of hydrogen-bond acceptors (Lipinski definition) is 4. The summed E-state index contributed by atoms with van der Waals surface area (Å²) in [6.07, 6.45) is 3.42. The van der Waals surface area contributed by atoms with Gasteiger partial charge in [0.1, 0.15) is 6.04 Å². The van der Waals surface area contributed by atoms with Gasteiger partial charge in [-0.15, -0.1) is 11.3 Å². The van der Waals surface area contributed by atoms with Crippen LogP contribution in [-0.2, 0) is 16.0 Å². The summed E-state index contributed by atoms with van der Waals surface area (Å²) in [6.45, 7) is 2.44. The van der Waals surface area contributed by atoms with Crippen LogP contribution in [0.2, 0.25) is 0 Å². The lowest BCUT2D eigenvalue weighted by atomic mass is 10.2. The molecule has 2 aromatic rings. The van der Waals surface area contributed by atoms with Gasteiger partial charge in [-0.1, -0.05) is 0 Å². The van der Waals surface area contributed by atoms with Crippen molar-refractivity contribution in [2.24, 2.45) is 0 Å². The van der Waals surface area contributed by atoms with Crippen LogP contribution in [0.4, 0.5) is 0 Å². The van der Waals surface area contributed by atoms with Crippen LogP contribution in [-0.4, -0.2) is 43.9 Å². The highest BCUT2D eigenvalue weighted by Crippen LogP contribution is 2.21. The summed E-state index contributed by atoms with van der Waals surface area (Å²) < 4.78 is 1.91. The molecule has 0 aliphatic carbocycles. The molecule has 1 aliphatic rings. The standard InChI is InChI=1S/C13H15N3O3S/c1-8-6-16-9(7-20-13(16)14-8)5-11(17)15-4-2-3-10(15)12(18)19/h6-7,10H,2-5H2,1H3,(H,18,19)/t10-/m0/s1. The number of carbonyl (C=O) groups excluding carboxylic acids is 1. The van der Waals surface area contributed by atoms with E-state index in [2.05, 4.69) is 4.98 Å². The third kappa shape index (κ3) is 2.18. The minimum atomic E-state index is -0.912. The smallest absolute Gasteiger partial charge is 0.326 e. The first-order valence-corrected chi connectivity index (χ1v) is 7.38. The Hall–Kier alpha value is -1.89. The van der Waals surface area contributed by atoms with Crippen molar-refractivity contribution in [1.29, 1.82) is 0 Å². The normalized spacial score (nSPS) is 18.9. The van der Waals surface area contributed by atoms with Gasteiger partial charge in [0.05, 0.1) is 12.1 Å². The van der Waals surface area contributed by atoms with Crippen molar-refractivity contribution in [2.45, 2.75) is 32.2 Å². The zero-order valence-corrected chi connectivity index (χ0v) is 11.9. The third-order valence-electron chi connectivity index (χ3n) is 3.59. The van der Waals surface area contributed by atoms with Gasteiger partial charge in [0.2, 0.25) is 5.91 Å². The van der Waals surface area contributed by atoms with E-state index in [1.807, 2.05) is 22.9 Å². The molecule has 0 aromatic carbocycles. The van der Waals surface area contributed by atoms with Gasteiger partial charge >= 0.3 is 5.97 Å². The maximum absolute atomic E-state index is 12.3. The molecular formula is C13H15N3O3S. The highest BCUT2D eigenvalue weighted by molar-refractivity contribution is 7.15. The second-order valence-corrected chi connectivity index (χ2v) is 5.86. The zero-order valence-electron chi connectivity index (χ0n) is 11.1. The number of aliphatic carboxylic acids is 1. The number of amides is 1. The second kappa shape index (κ2) is 4.90. The molecule has 1 amide bonds. The number of carboxylic acids is 1. The van der Waals surface area contributed by atoms with E-state index >= 15 is 0 Å². The number of aryl methyl sites for hydroxylation is 1. The molecule has 3 rings (SSSR count). The number of rotatable bonds is 3. The molecular weight excluding hydrogens is 278 g/mol. The van der Waals surface area contributed by atoms with Gasteiger partial charge in [-0.2, -0.15) is 0 Å². The van der Waals surface area contributed by atoms with E-state index in [0.717, 1.165) is 22.8 Å². The molecule has 0 unspecified atom stereocenters. The molecule has 6 nitrogen and oxygen atoms in total. The number of hydrogen-bond donors (Lipinski definition) is 1. The van der Waals surface area contributed by atoms with Gasteiger partial charge in [0.25, 0.3) is 0 Å². The molecule has 1 fully saturated rings. The fourth-order valence-corrected chi connectivity index (χ4v) is 3.57. The van der Waals surface area contributed by atoms with E-state index in [-0.39, 0.29) is 12.3 Å². The summed E-state index contributed by atoms with van der Waals surface area (Å²) >= 11 is 1.49. The quantitative estimate of drug-likeness (QED) is 0.926. The number of aromatic nitrogens is 2. The summed E-state index contributed by atoms with van der Waals surface area (Å²) in [5, 5.41) is 11.0. The van der Waals surface area contributed by atoms with Gasteiger partial charge in [-0.25, -0.2) is 9.78 Å². The first kappa shape index (κ1) is 13.1. The zero-order chi connectivity index (χ0) is 14.3. The number of nitrogens with zero attached hydrogens (tertiary/aromatic N) is 3. The highest BCUT2D eigenvalue weighted by Gasteiger charge is 2.34. The average Bonchev–Trinajstić information content (AvgIpc) is 3.05. The summed E-state index contributed by atoms with van der Waals surface area (Å²) in [5.41, 5.74) is 1.78. The molecule has 1 atom stereocenters. The van der Waals surface area contributed by atoms with Crippen molar-refractivity contribution in [2.75, 3.05) is 6.54 Å². The first-order chi connectivity index (χ1) is 9.56. The lowest BCUT2D eigenvalue weighted by Crippen LogP contribution is -2.41. The number of fused-ring (bicyclic) bond motifs is 1. The van der Waals surface area contributed by atoms with Gasteiger partial charge in [-0.3, -0.25) is 9.20 Å². The van der Waals surface area contributed by atoms with Gasteiger partial charge in [-0.05, 0) is 19.8 Å². The molecule has 106 valence electrons. The molecule has 20 heavy (non-hydrogen) atoms. The fourth-order valence-electron chi connectivity index (χ4n) is 2.65. The molecule has 2 aromatic heterocycles. The number of carboxylic acid groups (broad SMARTS) is 1. The van der Waals surface area contributed by atoms with Crippen LogP contribution in [0.5, 0.6) is 0 Å². The second-order valence-electron chi connectivity index (χ2n) is 5.02. The van der Waals surface area contributed by atoms with Crippen molar-refractivity contribution < 1.29 is 14.7 Å². The van der Waals surface area contributed by atoms with Crippen molar-refractivity contribution in [3.05, 3.63) is 23.0 Å². The van der Waals surface area contributed by atoms with E-state index in [1.54, 1.807) is 0 Å². The van der Waals surface area contributed by atoms with E-state index in [9.17, 15) is 9.59 Å². The lowest BCUT2D eigenvalue weighted by Gasteiger charge is -2.21. The predicted octanol–water partition coefficient (Wildman–Crippen LogP) is 1.32. The monoisotopic (exact) mass is 293 g/mol. The van der Waals surface area contributed by atoms with Crippen LogP contribution in [0.15, 0.2) is 11.6 Å². The predicted molar refractivity (Wildman–Crippen MR) is 73.9 cm³/mol. The lowest BCUT2D eigenvalue weighted by molar-refractivity contribution is -0.148. The van der Waals surface area contributed by atoms with Crippen LogP contribution in [0.1, 0.15) is 24.2 Å². The molecule has 0 bridgehead atoms. The Balaban J connectivity index is 1.80. The molecule has 0 saturated carbocycles. The number of thiazole rings is 1. The summed E-state index contributed by atoms with van der Waals surface area (Å²) in [7, 11) is 0. The maximum atomic E-state index is 12.3. The largest absolute Gasteiger partial charge is 0.480 e. The van der Waals surface area contributed by atoms with Crippen LogP contribution >= 0.6 is 11.3 Å². The van der Waals surface area contributed by atoms with Crippen molar-refractivity contribution in [3.63, 3.8) is 0 Å². The molecule has 0 radical (unpaired) electrons. The summed E-state index contributed by atoms with van der Waals surface area (Å²) in [4.78, 5) is 30.1. The Labute approximate surface area is 119 Å².